The van der Waals surface area contributed by atoms with Crippen LogP contribution in [0.3, 0.4) is 0 Å². The van der Waals surface area contributed by atoms with E-state index in [0.29, 0.717) is 22.3 Å². The second-order valence-corrected chi connectivity index (χ2v) is 8.97. The molecule has 1 heterocycles. The molecule has 0 bridgehead atoms. The molecular weight excluding hydrogens is 528 g/mol. The van der Waals surface area contributed by atoms with Crippen LogP contribution in [-0.4, -0.2) is 52.8 Å². The van der Waals surface area contributed by atoms with Crippen LogP contribution in [0.2, 0.25) is 0 Å². The Kier molecular flexibility index (Phi) is 8.35. The number of carbonyl (C=O) groups is 4. The quantitative estimate of drug-likeness (QED) is 0.445. The van der Waals surface area contributed by atoms with Crippen molar-refractivity contribution in [1.82, 2.24) is 4.90 Å². The van der Waals surface area contributed by atoms with Gasteiger partial charge in [0.25, 0.3) is 11.1 Å². The van der Waals surface area contributed by atoms with E-state index in [0.717, 1.165) is 22.2 Å². The monoisotopic (exact) mass is 548 g/mol. The first kappa shape index (κ1) is 25.3. The number of hydrogen-bond donors (Lipinski definition) is 2. The summed E-state index contributed by atoms with van der Waals surface area (Å²) in [6.45, 7) is 3.01. The van der Waals surface area contributed by atoms with E-state index in [4.69, 9.17) is 14.6 Å². The van der Waals surface area contributed by atoms with Gasteiger partial charge in [-0.2, -0.15) is 0 Å². The molecule has 0 unspecified atom stereocenters. The third-order valence-electron chi connectivity index (χ3n) is 4.48. The van der Waals surface area contributed by atoms with Gasteiger partial charge in [-0.3, -0.25) is 19.3 Å². The van der Waals surface area contributed by atoms with E-state index in [1.807, 2.05) is 19.1 Å². The molecular formula is C23H21BrN2O7S. The molecule has 11 heteroatoms. The minimum absolute atomic E-state index is 0.140. The summed E-state index contributed by atoms with van der Waals surface area (Å²) in [6.07, 6.45) is 1.50. The van der Waals surface area contributed by atoms with E-state index in [1.165, 1.54) is 6.08 Å². The molecule has 2 aromatic rings. The number of aryl methyl sites for hydroxylation is 1. The molecule has 0 aliphatic carbocycles. The molecule has 1 saturated heterocycles. The molecule has 9 nitrogen and oxygen atoms in total. The van der Waals surface area contributed by atoms with E-state index in [1.54, 1.807) is 31.2 Å². The van der Waals surface area contributed by atoms with Crippen molar-refractivity contribution in [2.75, 3.05) is 25.1 Å². The van der Waals surface area contributed by atoms with E-state index in [9.17, 15) is 19.2 Å². The predicted molar refractivity (Wildman–Crippen MR) is 131 cm³/mol. The van der Waals surface area contributed by atoms with Gasteiger partial charge in [0.2, 0.25) is 5.91 Å². The van der Waals surface area contributed by atoms with Crippen LogP contribution in [-0.2, 0) is 14.4 Å². The van der Waals surface area contributed by atoms with Crippen LogP contribution in [0.25, 0.3) is 6.08 Å². The zero-order valence-corrected chi connectivity index (χ0v) is 20.7. The number of nitrogens with zero attached hydrogens (tertiary/aromatic N) is 1. The lowest BCUT2D eigenvalue weighted by Gasteiger charge is -2.14. The highest BCUT2D eigenvalue weighted by Gasteiger charge is 2.36. The van der Waals surface area contributed by atoms with Gasteiger partial charge >= 0.3 is 5.97 Å². The summed E-state index contributed by atoms with van der Waals surface area (Å²) in [6, 6.07) is 10.3. The van der Waals surface area contributed by atoms with Gasteiger partial charge in [0.15, 0.2) is 18.1 Å². The Bertz CT molecular complexity index is 1160. The van der Waals surface area contributed by atoms with Crippen LogP contribution in [0.5, 0.6) is 11.5 Å². The number of carboxylic acid groups (broad SMARTS) is 1. The Hall–Kier alpha value is -3.31. The number of anilines is 1. The van der Waals surface area contributed by atoms with Gasteiger partial charge in [-0.15, -0.1) is 0 Å². The lowest BCUT2D eigenvalue weighted by Crippen LogP contribution is -2.36. The second kappa shape index (κ2) is 11.2. The summed E-state index contributed by atoms with van der Waals surface area (Å²) >= 11 is 4.05. The van der Waals surface area contributed by atoms with Crippen LogP contribution in [0.15, 0.2) is 45.8 Å². The predicted octanol–water partition coefficient (Wildman–Crippen LogP) is 4.29. The number of benzene rings is 2. The number of carbonyl (C=O) groups excluding carboxylic acids is 3. The largest absolute Gasteiger partial charge is 0.490 e. The van der Waals surface area contributed by atoms with Crippen LogP contribution in [0.1, 0.15) is 18.1 Å². The van der Waals surface area contributed by atoms with E-state index < -0.39 is 36.2 Å². The number of carboxylic acids is 1. The molecule has 3 rings (SSSR count). The molecule has 1 aliphatic rings. The molecule has 2 aromatic carbocycles. The summed E-state index contributed by atoms with van der Waals surface area (Å²) in [5.74, 6) is -1.73. The minimum atomic E-state index is -1.14. The summed E-state index contributed by atoms with van der Waals surface area (Å²) in [7, 11) is 0. The van der Waals surface area contributed by atoms with Gasteiger partial charge in [-0.05, 0) is 77.4 Å². The highest BCUT2D eigenvalue weighted by atomic mass is 79.9. The van der Waals surface area contributed by atoms with Crippen LogP contribution < -0.4 is 14.8 Å². The lowest BCUT2D eigenvalue weighted by atomic mass is 10.2. The van der Waals surface area contributed by atoms with E-state index in [-0.39, 0.29) is 16.4 Å². The van der Waals surface area contributed by atoms with E-state index >= 15 is 0 Å². The molecule has 0 atom stereocenters. The van der Waals surface area contributed by atoms with Crippen molar-refractivity contribution in [3.63, 3.8) is 0 Å². The Balaban J connectivity index is 1.76. The maximum atomic E-state index is 12.8. The highest BCUT2D eigenvalue weighted by Crippen LogP contribution is 2.39. The molecule has 0 spiro atoms. The van der Waals surface area contributed by atoms with Crippen molar-refractivity contribution in [1.29, 1.82) is 0 Å². The zero-order chi connectivity index (χ0) is 24.8. The molecule has 178 valence electrons. The van der Waals surface area contributed by atoms with Crippen LogP contribution in [0.4, 0.5) is 10.5 Å². The highest BCUT2D eigenvalue weighted by molar-refractivity contribution is 9.10. The molecule has 0 aromatic heterocycles. The summed E-state index contributed by atoms with van der Waals surface area (Å²) in [4.78, 5) is 49.4. The number of rotatable bonds is 9. The Morgan fingerprint density at radius 3 is 2.53 bits per heavy atom. The molecule has 3 amide bonds. The normalized spacial score (nSPS) is 14.4. The lowest BCUT2D eigenvalue weighted by molar-refractivity contribution is -0.139. The van der Waals surface area contributed by atoms with Crippen molar-refractivity contribution in [3.8, 4) is 11.5 Å². The first-order valence-corrected chi connectivity index (χ1v) is 11.7. The first-order chi connectivity index (χ1) is 16.2. The van der Waals surface area contributed by atoms with Crippen molar-refractivity contribution >= 4 is 62.5 Å². The molecule has 1 fully saturated rings. The maximum absolute atomic E-state index is 12.8. The Labute approximate surface area is 208 Å². The topological polar surface area (TPSA) is 122 Å². The third-order valence-corrected chi connectivity index (χ3v) is 5.98. The summed E-state index contributed by atoms with van der Waals surface area (Å²) in [5.41, 5.74) is 2.12. The fourth-order valence-electron chi connectivity index (χ4n) is 2.98. The second-order valence-electron chi connectivity index (χ2n) is 7.13. The smallest absolute Gasteiger partial charge is 0.341 e. The number of halogens is 1. The Morgan fingerprint density at radius 1 is 1.18 bits per heavy atom. The van der Waals surface area contributed by atoms with Gasteiger partial charge in [-0.1, -0.05) is 17.7 Å². The molecule has 2 N–H and O–H groups in total. The van der Waals surface area contributed by atoms with Crippen molar-refractivity contribution < 1.29 is 33.8 Å². The first-order valence-electron chi connectivity index (χ1n) is 10.1. The summed E-state index contributed by atoms with van der Waals surface area (Å²) < 4.78 is 11.3. The zero-order valence-electron chi connectivity index (χ0n) is 18.3. The SMILES string of the molecule is CCOc1cc(/C=C2/SC(=O)N(CC(=O)Nc3ccc(C)cc3)C2=O)cc(Br)c1OCC(=O)O. The number of amides is 3. The number of thioether (sulfide) groups is 1. The average molecular weight is 549 g/mol. The number of aliphatic carboxylic acids is 1. The van der Waals surface area contributed by atoms with Gasteiger partial charge in [0.05, 0.1) is 16.0 Å². The summed E-state index contributed by atoms with van der Waals surface area (Å²) in [5, 5.41) is 11.0. The van der Waals surface area contributed by atoms with Gasteiger partial charge in [0.1, 0.15) is 6.54 Å². The third kappa shape index (κ3) is 6.39. The van der Waals surface area contributed by atoms with Gasteiger partial charge in [0, 0.05) is 5.69 Å². The van der Waals surface area contributed by atoms with Crippen LogP contribution >= 0.6 is 27.7 Å². The Morgan fingerprint density at radius 2 is 1.88 bits per heavy atom. The molecule has 1 aliphatic heterocycles. The maximum Gasteiger partial charge on any atom is 0.341 e. The molecule has 34 heavy (non-hydrogen) atoms. The van der Waals surface area contributed by atoms with Crippen LogP contribution in [0, 0.1) is 6.92 Å². The fourth-order valence-corrected chi connectivity index (χ4v) is 4.39. The van der Waals surface area contributed by atoms with Crippen molar-refractivity contribution in [2.24, 2.45) is 0 Å². The van der Waals surface area contributed by atoms with Crippen molar-refractivity contribution in [3.05, 3.63) is 56.9 Å². The number of nitrogens with one attached hydrogen (secondary N) is 1. The number of hydrogen-bond acceptors (Lipinski definition) is 7. The average Bonchev–Trinajstić information content (AvgIpc) is 3.02. The van der Waals surface area contributed by atoms with Gasteiger partial charge in [-0.25, -0.2) is 4.79 Å². The van der Waals surface area contributed by atoms with Gasteiger partial charge < -0.3 is 19.9 Å². The number of ether oxygens (including phenoxy) is 2. The minimum Gasteiger partial charge on any atom is -0.490 e. The van der Waals surface area contributed by atoms with Crippen molar-refractivity contribution in [2.45, 2.75) is 13.8 Å². The fraction of sp³-hybridized carbons (Fsp3) is 0.217. The van der Waals surface area contributed by atoms with E-state index in [2.05, 4.69) is 21.2 Å². The molecule has 0 radical (unpaired) electrons. The standard InChI is InChI=1S/C23H21BrN2O7S/c1-3-32-17-9-14(8-16(24)21(17)33-12-20(28)29)10-18-22(30)26(23(31)34-18)11-19(27)25-15-6-4-13(2)5-7-15/h4-10H,3,11-12H2,1-2H3,(H,25,27)(H,28,29)/b18-10+. The number of imide groups is 1. The molecule has 0 saturated carbocycles.